The van der Waals surface area contributed by atoms with Gasteiger partial charge in [0.2, 0.25) is 17.6 Å². The zero-order chi connectivity index (χ0) is 21.3. The number of carbonyl (C=O) groups is 1. The summed E-state index contributed by atoms with van der Waals surface area (Å²) >= 11 is 0. The zero-order valence-electron chi connectivity index (χ0n) is 16.0. The minimum absolute atomic E-state index is 0.0300. The van der Waals surface area contributed by atoms with E-state index in [4.69, 9.17) is 4.52 Å². The van der Waals surface area contributed by atoms with Crippen molar-refractivity contribution in [3.8, 4) is 17.1 Å². The van der Waals surface area contributed by atoms with Gasteiger partial charge in [-0.05, 0) is 48.4 Å². The van der Waals surface area contributed by atoms with Gasteiger partial charge in [-0.3, -0.25) is 4.79 Å². The van der Waals surface area contributed by atoms with Crippen LogP contribution in [0.5, 0.6) is 5.75 Å². The van der Waals surface area contributed by atoms with Crippen LogP contribution in [0.25, 0.3) is 11.4 Å². The number of alkyl halides is 3. The van der Waals surface area contributed by atoms with Crippen molar-refractivity contribution in [2.75, 3.05) is 11.4 Å². The summed E-state index contributed by atoms with van der Waals surface area (Å²) in [6.07, 6.45) is -3.58. The van der Waals surface area contributed by atoms with Gasteiger partial charge in [0.25, 0.3) is 0 Å². The Morgan fingerprint density at radius 3 is 2.47 bits per heavy atom. The van der Waals surface area contributed by atoms with Gasteiger partial charge in [0, 0.05) is 24.2 Å². The highest BCUT2D eigenvalue weighted by molar-refractivity contribution is 5.96. The maximum atomic E-state index is 12.5. The molecular formula is C21H18F3N3O3. The van der Waals surface area contributed by atoms with Crippen molar-refractivity contribution in [3.05, 3.63) is 60.0 Å². The normalized spacial score (nSPS) is 16.9. The van der Waals surface area contributed by atoms with Crippen molar-refractivity contribution in [2.24, 2.45) is 0 Å². The summed E-state index contributed by atoms with van der Waals surface area (Å²) in [5, 5.41) is 3.90. The van der Waals surface area contributed by atoms with Crippen LogP contribution in [-0.4, -0.2) is 29.0 Å². The molecule has 156 valence electrons. The number of rotatable bonds is 5. The highest BCUT2D eigenvalue weighted by atomic mass is 19.4. The Morgan fingerprint density at radius 1 is 1.13 bits per heavy atom. The second-order valence-electron chi connectivity index (χ2n) is 6.95. The van der Waals surface area contributed by atoms with Crippen molar-refractivity contribution in [3.63, 3.8) is 0 Å². The number of anilines is 1. The van der Waals surface area contributed by atoms with Crippen LogP contribution in [0.2, 0.25) is 0 Å². The topological polar surface area (TPSA) is 68.5 Å². The number of halogens is 3. The van der Waals surface area contributed by atoms with Crippen LogP contribution in [0.3, 0.4) is 0 Å². The lowest BCUT2D eigenvalue weighted by molar-refractivity contribution is -0.274. The molecule has 1 atom stereocenters. The van der Waals surface area contributed by atoms with Crippen LogP contribution in [0.15, 0.2) is 53.1 Å². The summed E-state index contributed by atoms with van der Waals surface area (Å²) in [4.78, 5) is 18.5. The molecule has 1 unspecified atom stereocenters. The second-order valence-corrected chi connectivity index (χ2v) is 6.95. The van der Waals surface area contributed by atoms with E-state index < -0.39 is 6.36 Å². The number of hydrogen-bond acceptors (Lipinski definition) is 5. The summed E-state index contributed by atoms with van der Waals surface area (Å²) < 4.78 is 46.0. The maximum absolute atomic E-state index is 12.5. The lowest BCUT2D eigenvalue weighted by Crippen LogP contribution is -2.24. The molecule has 1 saturated heterocycles. The summed E-state index contributed by atoms with van der Waals surface area (Å²) in [6.45, 7) is 2.49. The molecule has 0 bridgehead atoms. The first-order chi connectivity index (χ1) is 14.3. The number of hydrogen-bond donors (Lipinski definition) is 0. The quantitative estimate of drug-likeness (QED) is 0.601. The maximum Gasteiger partial charge on any atom is 0.573 e. The Hall–Kier alpha value is -3.36. The van der Waals surface area contributed by atoms with Crippen LogP contribution < -0.4 is 9.64 Å². The first-order valence-electron chi connectivity index (χ1n) is 9.41. The Morgan fingerprint density at radius 2 is 1.83 bits per heavy atom. The molecule has 2 aromatic carbocycles. The van der Waals surface area contributed by atoms with Crippen molar-refractivity contribution in [2.45, 2.75) is 32.0 Å². The predicted molar refractivity (Wildman–Crippen MR) is 102 cm³/mol. The van der Waals surface area contributed by atoms with Crippen LogP contribution >= 0.6 is 0 Å². The molecule has 30 heavy (non-hydrogen) atoms. The number of carbonyl (C=O) groups excluding carboxylic acids is 1. The molecule has 1 aliphatic rings. The highest BCUT2D eigenvalue weighted by Gasteiger charge is 2.35. The van der Waals surface area contributed by atoms with E-state index in [1.165, 1.54) is 29.8 Å². The molecule has 0 spiro atoms. The largest absolute Gasteiger partial charge is 0.573 e. The van der Waals surface area contributed by atoms with Crippen molar-refractivity contribution < 1.29 is 27.2 Å². The smallest absolute Gasteiger partial charge is 0.406 e. The average molecular weight is 417 g/mol. The molecule has 1 aromatic heterocycles. The molecule has 9 heteroatoms. The van der Waals surface area contributed by atoms with Crippen LogP contribution in [-0.2, 0) is 11.2 Å². The fourth-order valence-corrected chi connectivity index (χ4v) is 3.36. The number of benzene rings is 2. The molecule has 4 rings (SSSR count). The minimum Gasteiger partial charge on any atom is -0.406 e. The third-order valence-corrected chi connectivity index (χ3v) is 4.92. The van der Waals surface area contributed by atoms with E-state index in [1.807, 2.05) is 24.3 Å². The van der Waals surface area contributed by atoms with Gasteiger partial charge in [-0.15, -0.1) is 13.2 Å². The van der Waals surface area contributed by atoms with E-state index in [0.717, 1.165) is 12.1 Å². The Kier molecular flexibility index (Phi) is 5.19. The number of aryl methyl sites for hydroxylation is 1. The lowest BCUT2D eigenvalue weighted by atomic mass is 10.1. The lowest BCUT2D eigenvalue weighted by Gasteiger charge is -2.16. The number of amides is 1. The molecular weight excluding hydrogens is 399 g/mol. The third-order valence-electron chi connectivity index (χ3n) is 4.92. The average Bonchev–Trinajstić information content (AvgIpc) is 3.34. The summed E-state index contributed by atoms with van der Waals surface area (Å²) in [5.41, 5.74) is 2.49. The fourth-order valence-electron chi connectivity index (χ4n) is 3.36. The van der Waals surface area contributed by atoms with Crippen molar-refractivity contribution >= 4 is 11.6 Å². The predicted octanol–water partition coefficient (Wildman–Crippen LogP) is 4.72. The van der Waals surface area contributed by atoms with E-state index in [-0.39, 0.29) is 29.8 Å². The van der Waals surface area contributed by atoms with Crippen LogP contribution in [0.1, 0.15) is 30.7 Å². The van der Waals surface area contributed by atoms with Gasteiger partial charge in [0.15, 0.2) is 0 Å². The molecule has 1 aliphatic heterocycles. The van der Waals surface area contributed by atoms with Gasteiger partial charge in [-0.25, -0.2) is 0 Å². The monoisotopic (exact) mass is 417 g/mol. The Bertz CT molecular complexity index is 1030. The number of aromatic nitrogens is 2. The number of ether oxygens (including phenoxy) is 1. The highest BCUT2D eigenvalue weighted by Crippen LogP contribution is 2.32. The minimum atomic E-state index is -4.75. The molecule has 0 N–H and O–H groups in total. The van der Waals surface area contributed by atoms with E-state index in [2.05, 4.69) is 21.8 Å². The SMILES string of the molecule is CCc1ccc(N2CC(c3nc(-c4ccc(OC(F)(F)F)cc4)no3)CC2=O)cc1. The molecule has 1 amide bonds. The van der Waals surface area contributed by atoms with E-state index in [0.29, 0.717) is 18.0 Å². The fraction of sp³-hybridized carbons (Fsp3) is 0.286. The summed E-state index contributed by atoms with van der Waals surface area (Å²) in [7, 11) is 0. The van der Waals surface area contributed by atoms with Gasteiger partial charge in [0.05, 0.1) is 5.92 Å². The molecule has 1 fully saturated rings. The molecule has 6 nitrogen and oxygen atoms in total. The van der Waals surface area contributed by atoms with Crippen LogP contribution in [0, 0.1) is 0 Å². The van der Waals surface area contributed by atoms with E-state index in [1.54, 1.807) is 4.90 Å². The van der Waals surface area contributed by atoms with Crippen molar-refractivity contribution in [1.29, 1.82) is 0 Å². The van der Waals surface area contributed by atoms with Crippen LogP contribution in [0.4, 0.5) is 18.9 Å². The molecule has 0 aliphatic carbocycles. The Labute approximate surface area is 170 Å². The zero-order valence-corrected chi connectivity index (χ0v) is 16.0. The summed E-state index contributed by atoms with van der Waals surface area (Å²) in [6, 6.07) is 13.0. The molecule has 2 heterocycles. The van der Waals surface area contributed by atoms with Gasteiger partial charge < -0.3 is 14.2 Å². The molecule has 0 saturated carbocycles. The molecule has 0 radical (unpaired) electrons. The first-order valence-corrected chi connectivity index (χ1v) is 9.41. The number of nitrogens with zero attached hydrogens (tertiary/aromatic N) is 3. The van der Waals surface area contributed by atoms with Gasteiger partial charge in [-0.2, -0.15) is 4.98 Å². The standard InChI is InChI=1S/C21H18F3N3O3/c1-2-13-3-7-16(8-4-13)27-12-15(11-18(27)28)20-25-19(26-30-20)14-5-9-17(10-6-14)29-21(22,23)24/h3-10,15H,2,11-12H2,1H3. The van der Waals surface area contributed by atoms with Gasteiger partial charge in [-0.1, -0.05) is 24.2 Å². The van der Waals surface area contributed by atoms with E-state index >= 15 is 0 Å². The van der Waals surface area contributed by atoms with E-state index in [9.17, 15) is 18.0 Å². The summed E-state index contributed by atoms with van der Waals surface area (Å²) in [5.74, 6) is -0.0559. The Balaban J connectivity index is 1.47. The second kappa shape index (κ2) is 7.81. The van der Waals surface area contributed by atoms with Gasteiger partial charge >= 0.3 is 6.36 Å². The molecule has 3 aromatic rings. The van der Waals surface area contributed by atoms with Gasteiger partial charge in [0.1, 0.15) is 5.75 Å². The van der Waals surface area contributed by atoms with Crippen molar-refractivity contribution in [1.82, 2.24) is 10.1 Å². The first kappa shape index (κ1) is 19.9. The third kappa shape index (κ3) is 4.29.